The normalized spacial score (nSPS) is 18.3. The minimum absolute atomic E-state index is 0.0387. The smallest absolute Gasteiger partial charge is 0.227 e. The van der Waals surface area contributed by atoms with E-state index >= 15 is 0 Å². The Morgan fingerprint density at radius 2 is 1.88 bits per heavy atom. The molecular weight excluding hydrogens is 218 g/mol. The van der Waals surface area contributed by atoms with Crippen molar-refractivity contribution in [1.82, 2.24) is 10.6 Å². The van der Waals surface area contributed by atoms with Gasteiger partial charge in [-0.2, -0.15) is 0 Å². The number of nitrogens with one attached hydrogen (secondary N) is 2. The molecule has 0 aromatic rings. The molecule has 5 nitrogen and oxygen atoms in total. The van der Waals surface area contributed by atoms with Gasteiger partial charge in [0.1, 0.15) is 0 Å². The maximum absolute atomic E-state index is 11.8. The first-order valence-corrected chi connectivity index (χ1v) is 6.29. The molecule has 1 unspecified atom stereocenters. The number of rotatable bonds is 7. The van der Waals surface area contributed by atoms with E-state index in [1.807, 2.05) is 13.8 Å². The molecule has 1 rings (SSSR count). The van der Waals surface area contributed by atoms with Crippen molar-refractivity contribution in [2.24, 2.45) is 17.1 Å². The molecule has 0 spiro atoms. The molecule has 1 aliphatic rings. The lowest BCUT2D eigenvalue weighted by molar-refractivity contribution is -0.130. The molecule has 17 heavy (non-hydrogen) atoms. The minimum Gasteiger partial charge on any atom is -0.354 e. The van der Waals surface area contributed by atoms with Crippen LogP contribution in [0.2, 0.25) is 0 Å². The van der Waals surface area contributed by atoms with Gasteiger partial charge in [0.2, 0.25) is 11.8 Å². The van der Waals surface area contributed by atoms with Crippen LogP contribution in [0.5, 0.6) is 0 Å². The van der Waals surface area contributed by atoms with E-state index in [9.17, 15) is 9.59 Å². The van der Waals surface area contributed by atoms with Gasteiger partial charge in [-0.15, -0.1) is 0 Å². The first-order valence-electron chi connectivity index (χ1n) is 6.29. The van der Waals surface area contributed by atoms with Crippen LogP contribution in [0.15, 0.2) is 0 Å². The average Bonchev–Trinajstić information content (AvgIpc) is 3.17. The van der Waals surface area contributed by atoms with Gasteiger partial charge in [0.05, 0.1) is 5.41 Å². The van der Waals surface area contributed by atoms with Crippen molar-refractivity contribution >= 4 is 11.8 Å². The zero-order valence-corrected chi connectivity index (χ0v) is 10.7. The molecule has 0 heterocycles. The molecule has 0 aromatic carbocycles. The van der Waals surface area contributed by atoms with Crippen molar-refractivity contribution in [3.8, 4) is 0 Å². The lowest BCUT2D eigenvalue weighted by Gasteiger charge is -2.24. The SMILES string of the molecule is CCC(C)(CN)C(=O)NCCNC(=O)C1CC1. The summed E-state index contributed by atoms with van der Waals surface area (Å²) in [5, 5.41) is 5.61. The van der Waals surface area contributed by atoms with Crippen LogP contribution in [0.25, 0.3) is 0 Å². The van der Waals surface area contributed by atoms with E-state index in [1.54, 1.807) is 0 Å². The van der Waals surface area contributed by atoms with E-state index in [4.69, 9.17) is 5.73 Å². The van der Waals surface area contributed by atoms with Crippen LogP contribution in [0.1, 0.15) is 33.1 Å². The first kappa shape index (κ1) is 14.0. The highest BCUT2D eigenvalue weighted by Crippen LogP contribution is 2.28. The Balaban J connectivity index is 2.16. The highest BCUT2D eigenvalue weighted by molar-refractivity contribution is 5.83. The summed E-state index contributed by atoms with van der Waals surface area (Å²) in [5.41, 5.74) is 5.09. The van der Waals surface area contributed by atoms with Crippen LogP contribution in [0, 0.1) is 11.3 Å². The number of carbonyl (C=O) groups excluding carboxylic acids is 2. The van der Waals surface area contributed by atoms with E-state index in [-0.39, 0.29) is 17.7 Å². The summed E-state index contributed by atoms with van der Waals surface area (Å²) >= 11 is 0. The van der Waals surface area contributed by atoms with Gasteiger partial charge in [0.25, 0.3) is 0 Å². The fourth-order valence-corrected chi connectivity index (χ4v) is 1.46. The van der Waals surface area contributed by atoms with Gasteiger partial charge in [0.15, 0.2) is 0 Å². The molecule has 0 saturated heterocycles. The fraction of sp³-hybridized carbons (Fsp3) is 0.833. The molecule has 1 fully saturated rings. The van der Waals surface area contributed by atoms with Gasteiger partial charge in [-0.25, -0.2) is 0 Å². The van der Waals surface area contributed by atoms with Crippen molar-refractivity contribution in [2.75, 3.05) is 19.6 Å². The number of amides is 2. The van der Waals surface area contributed by atoms with Crippen molar-refractivity contribution in [1.29, 1.82) is 0 Å². The van der Waals surface area contributed by atoms with Crippen molar-refractivity contribution in [3.05, 3.63) is 0 Å². The average molecular weight is 241 g/mol. The predicted molar refractivity (Wildman–Crippen MR) is 66.2 cm³/mol. The summed E-state index contributed by atoms with van der Waals surface area (Å²) in [6, 6.07) is 0. The Morgan fingerprint density at radius 3 is 2.35 bits per heavy atom. The second kappa shape index (κ2) is 6.00. The predicted octanol–water partition coefficient (Wildman–Crippen LogP) is 0.00380. The van der Waals surface area contributed by atoms with Crippen LogP contribution < -0.4 is 16.4 Å². The topological polar surface area (TPSA) is 84.2 Å². The molecule has 0 aromatic heterocycles. The van der Waals surface area contributed by atoms with E-state index in [0.717, 1.165) is 12.8 Å². The van der Waals surface area contributed by atoms with Gasteiger partial charge >= 0.3 is 0 Å². The summed E-state index contributed by atoms with van der Waals surface area (Å²) in [6.07, 6.45) is 2.71. The molecule has 2 amide bonds. The zero-order valence-electron chi connectivity index (χ0n) is 10.7. The van der Waals surface area contributed by atoms with E-state index in [0.29, 0.717) is 26.1 Å². The maximum atomic E-state index is 11.8. The molecule has 5 heteroatoms. The van der Waals surface area contributed by atoms with Crippen molar-refractivity contribution in [2.45, 2.75) is 33.1 Å². The Hall–Kier alpha value is -1.10. The number of carbonyl (C=O) groups is 2. The summed E-state index contributed by atoms with van der Waals surface area (Å²) < 4.78 is 0. The third-order valence-electron chi connectivity index (χ3n) is 3.44. The van der Waals surface area contributed by atoms with Gasteiger partial charge in [-0.3, -0.25) is 9.59 Å². The Morgan fingerprint density at radius 1 is 1.29 bits per heavy atom. The molecule has 1 atom stereocenters. The number of hydrogen-bond donors (Lipinski definition) is 3. The summed E-state index contributed by atoms with van der Waals surface area (Å²) in [7, 11) is 0. The summed E-state index contributed by atoms with van der Waals surface area (Å²) in [6.45, 7) is 5.09. The quantitative estimate of drug-likeness (QED) is 0.549. The largest absolute Gasteiger partial charge is 0.354 e. The van der Waals surface area contributed by atoms with Gasteiger partial charge in [-0.05, 0) is 26.2 Å². The van der Waals surface area contributed by atoms with Crippen molar-refractivity contribution < 1.29 is 9.59 Å². The van der Waals surface area contributed by atoms with Crippen LogP contribution >= 0.6 is 0 Å². The zero-order chi connectivity index (χ0) is 12.9. The summed E-state index contributed by atoms with van der Waals surface area (Å²) in [4.78, 5) is 23.1. The standard InChI is InChI=1S/C12H23N3O2/c1-3-12(2,8-13)11(17)15-7-6-14-10(16)9-4-5-9/h9H,3-8,13H2,1-2H3,(H,14,16)(H,15,17). The van der Waals surface area contributed by atoms with E-state index in [2.05, 4.69) is 10.6 Å². The Bertz CT molecular complexity index is 283. The Labute approximate surface area is 103 Å². The third-order valence-corrected chi connectivity index (χ3v) is 3.44. The molecule has 98 valence electrons. The molecule has 1 saturated carbocycles. The Kier molecular flexibility index (Phi) is 4.93. The molecule has 0 radical (unpaired) electrons. The lowest BCUT2D eigenvalue weighted by atomic mass is 9.87. The van der Waals surface area contributed by atoms with Gasteiger partial charge in [-0.1, -0.05) is 6.92 Å². The van der Waals surface area contributed by atoms with Crippen LogP contribution in [0.4, 0.5) is 0 Å². The van der Waals surface area contributed by atoms with Crippen LogP contribution in [-0.2, 0) is 9.59 Å². The number of nitrogens with two attached hydrogens (primary N) is 1. The van der Waals surface area contributed by atoms with E-state index < -0.39 is 5.41 Å². The van der Waals surface area contributed by atoms with Gasteiger partial charge < -0.3 is 16.4 Å². The molecule has 0 bridgehead atoms. The van der Waals surface area contributed by atoms with E-state index in [1.165, 1.54) is 0 Å². The second-order valence-corrected chi connectivity index (χ2v) is 4.94. The monoisotopic (exact) mass is 241 g/mol. The third kappa shape index (κ3) is 4.00. The highest BCUT2D eigenvalue weighted by Gasteiger charge is 2.30. The minimum atomic E-state index is -0.500. The molecule has 0 aliphatic heterocycles. The number of hydrogen-bond acceptors (Lipinski definition) is 3. The first-order chi connectivity index (χ1) is 8.03. The lowest BCUT2D eigenvalue weighted by Crippen LogP contribution is -2.45. The second-order valence-electron chi connectivity index (χ2n) is 4.94. The van der Waals surface area contributed by atoms with Crippen molar-refractivity contribution in [3.63, 3.8) is 0 Å². The van der Waals surface area contributed by atoms with Gasteiger partial charge in [0, 0.05) is 25.6 Å². The molecule has 1 aliphatic carbocycles. The maximum Gasteiger partial charge on any atom is 0.227 e. The molecular formula is C12H23N3O2. The van der Waals surface area contributed by atoms with Crippen LogP contribution in [-0.4, -0.2) is 31.4 Å². The van der Waals surface area contributed by atoms with Crippen LogP contribution in [0.3, 0.4) is 0 Å². The summed E-state index contributed by atoms with van der Waals surface area (Å²) in [5.74, 6) is 0.287. The fourth-order valence-electron chi connectivity index (χ4n) is 1.46. The molecule has 4 N–H and O–H groups in total. The highest BCUT2D eigenvalue weighted by atomic mass is 16.2.